The zero-order valence-electron chi connectivity index (χ0n) is 15.3. The molecule has 24 heavy (non-hydrogen) atoms. The Labute approximate surface area is 145 Å². The lowest BCUT2D eigenvalue weighted by molar-refractivity contribution is 0.120. The summed E-state index contributed by atoms with van der Waals surface area (Å²) < 4.78 is 11.6. The van der Waals surface area contributed by atoms with E-state index in [1.165, 1.54) is 0 Å². The number of aliphatic hydroxyl groups excluding tert-OH is 2. The maximum absolute atomic E-state index is 9.51. The van der Waals surface area contributed by atoms with Crippen LogP contribution in [0, 0.1) is 0 Å². The van der Waals surface area contributed by atoms with E-state index in [4.69, 9.17) is 9.47 Å². The van der Waals surface area contributed by atoms with Crippen molar-refractivity contribution in [3.63, 3.8) is 0 Å². The molecule has 1 aromatic carbocycles. The van der Waals surface area contributed by atoms with Crippen LogP contribution in [0.25, 0.3) is 11.1 Å². The standard InChI is InChI=1S/C20H30O4/c1-7-13(3)17-9-20(24-12-16(6)22)18(14(4)8-2)10-19(17)23-11-15(5)21/h9-10,15-16,21-22H,3-4,7-8,11-12H2,1-2,5-6H3. The van der Waals surface area contributed by atoms with E-state index in [2.05, 4.69) is 13.2 Å². The summed E-state index contributed by atoms with van der Waals surface area (Å²) in [6.45, 7) is 16.0. The molecule has 0 saturated carbocycles. The topological polar surface area (TPSA) is 58.9 Å². The van der Waals surface area contributed by atoms with Gasteiger partial charge >= 0.3 is 0 Å². The summed E-state index contributed by atoms with van der Waals surface area (Å²) in [5, 5.41) is 19.0. The molecule has 0 aliphatic heterocycles. The molecule has 0 aliphatic rings. The highest BCUT2D eigenvalue weighted by Crippen LogP contribution is 2.38. The van der Waals surface area contributed by atoms with Gasteiger partial charge in [0.15, 0.2) is 0 Å². The van der Waals surface area contributed by atoms with Gasteiger partial charge in [-0.25, -0.2) is 0 Å². The van der Waals surface area contributed by atoms with Gasteiger partial charge in [0.1, 0.15) is 24.7 Å². The summed E-state index contributed by atoms with van der Waals surface area (Å²) in [5.74, 6) is 1.33. The molecule has 1 rings (SSSR count). The molecule has 0 radical (unpaired) electrons. The Hall–Kier alpha value is -1.78. The van der Waals surface area contributed by atoms with Crippen LogP contribution in [0.3, 0.4) is 0 Å². The predicted molar refractivity (Wildman–Crippen MR) is 99.4 cm³/mol. The molecule has 1 aromatic rings. The molecule has 134 valence electrons. The second-order valence-electron chi connectivity index (χ2n) is 6.08. The number of hydrogen-bond acceptors (Lipinski definition) is 4. The van der Waals surface area contributed by atoms with Gasteiger partial charge in [-0.2, -0.15) is 0 Å². The van der Waals surface area contributed by atoms with E-state index >= 15 is 0 Å². The van der Waals surface area contributed by atoms with Crippen LogP contribution in [0.4, 0.5) is 0 Å². The maximum Gasteiger partial charge on any atom is 0.127 e. The van der Waals surface area contributed by atoms with Crippen molar-refractivity contribution in [2.45, 2.75) is 52.7 Å². The van der Waals surface area contributed by atoms with Gasteiger partial charge in [-0.05, 0) is 50.0 Å². The number of rotatable bonds is 10. The molecule has 2 unspecified atom stereocenters. The number of benzene rings is 1. The van der Waals surface area contributed by atoms with E-state index < -0.39 is 12.2 Å². The van der Waals surface area contributed by atoms with E-state index in [0.29, 0.717) is 11.5 Å². The normalized spacial score (nSPS) is 13.2. The minimum Gasteiger partial charge on any atom is -0.490 e. The SMILES string of the molecule is C=C(CC)c1cc(OCC(C)O)c(C(=C)CC)cc1OCC(C)O. The van der Waals surface area contributed by atoms with Crippen molar-refractivity contribution in [1.82, 2.24) is 0 Å². The molecule has 0 amide bonds. The molecule has 2 N–H and O–H groups in total. The summed E-state index contributed by atoms with van der Waals surface area (Å²) in [4.78, 5) is 0. The summed E-state index contributed by atoms with van der Waals surface area (Å²) in [6, 6.07) is 3.78. The number of ether oxygens (including phenoxy) is 2. The van der Waals surface area contributed by atoms with Gasteiger partial charge < -0.3 is 19.7 Å². The van der Waals surface area contributed by atoms with Crippen molar-refractivity contribution >= 4 is 11.1 Å². The van der Waals surface area contributed by atoms with Gasteiger partial charge in [0.25, 0.3) is 0 Å². The Bertz CT molecular complexity index is 521. The maximum atomic E-state index is 9.51. The highest BCUT2D eigenvalue weighted by molar-refractivity contribution is 5.77. The number of allylic oxidation sites excluding steroid dienone is 2. The molecule has 0 saturated heterocycles. The van der Waals surface area contributed by atoms with Gasteiger partial charge in [0.05, 0.1) is 12.2 Å². The molecule has 4 heteroatoms. The molecular formula is C20H30O4. The van der Waals surface area contributed by atoms with Crippen LogP contribution >= 0.6 is 0 Å². The highest BCUT2D eigenvalue weighted by atomic mass is 16.5. The molecule has 0 aliphatic carbocycles. The molecule has 0 fully saturated rings. The first-order valence-electron chi connectivity index (χ1n) is 8.46. The average molecular weight is 334 g/mol. The number of aliphatic hydroxyl groups is 2. The molecule has 0 heterocycles. The summed E-state index contributed by atoms with van der Waals surface area (Å²) in [7, 11) is 0. The molecule has 0 bridgehead atoms. The number of hydrogen-bond donors (Lipinski definition) is 2. The van der Waals surface area contributed by atoms with Gasteiger partial charge in [0.2, 0.25) is 0 Å². The zero-order chi connectivity index (χ0) is 18.3. The minimum atomic E-state index is -0.559. The van der Waals surface area contributed by atoms with Gasteiger partial charge in [-0.1, -0.05) is 27.0 Å². The fourth-order valence-electron chi connectivity index (χ4n) is 2.15. The van der Waals surface area contributed by atoms with Crippen LogP contribution in [0.1, 0.15) is 51.7 Å². The van der Waals surface area contributed by atoms with Crippen molar-refractivity contribution in [2.24, 2.45) is 0 Å². The van der Waals surface area contributed by atoms with Crippen LogP contribution < -0.4 is 9.47 Å². The van der Waals surface area contributed by atoms with E-state index in [1.54, 1.807) is 13.8 Å². The van der Waals surface area contributed by atoms with Crippen LogP contribution in [-0.4, -0.2) is 35.6 Å². The molecule has 0 aromatic heterocycles. The fourth-order valence-corrected chi connectivity index (χ4v) is 2.15. The van der Waals surface area contributed by atoms with E-state index in [9.17, 15) is 10.2 Å². The van der Waals surface area contributed by atoms with Gasteiger partial charge in [-0.3, -0.25) is 0 Å². The van der Waals surface area contributed by atoms with Crippen LogP contribution in [0.15, 0.2) is 25.3 Å². The third kappa shape index (κ3) is 5.69. The average Bonchev–Trinajstić information content (AvgIpc) is 2.56. The first-order valence-corrected chi connectivity index (χ1v) is 8.46. The summed E-state index contributed by atoms with van der Waals surface area (Å²) in [5.41, 5.74) is 3.55. The lowest BCUT2D eigenvalue weighted by Crippen LogP contribution is -2.15. The Morgan fingerprint density at radius 1 is 0.875 bits per heavy atom. The van der Waals surface area contributed by atoms with Crippen molar-refractivity contribution in [3.05, 3.63) is 36.4 Å². The highest BCUT2D eigenvalue weighted by Gasteiger charge is 2.16. The Balaban J connectivity index is 3.35. The second kappa shape index (κ2) is 9.50. The summed E-state index contributed by atoms with van der Waals surface area (Å²) >= 11 is 0. The second-order valence-corrected chi connectivity index (χ2v) is 6.08. The molecule has 0 spiro atoms. The Kier molecular flexibility index (Phi) is 8.02. The van der Waals surface area contributed by atoms with E-state index in [1.807, 2.05) is 26.0 Å². The Morgan fingerprint density at radius 3 is 1.46 bits per heavy atom. The minimum absolute atomic E-state index is 0.204. The third-order valence-corrected chi connectivity index (χ3v) is 3.66. The zero-order valence-corrected chi connectivity index (χ0v) is 15.3. The van der Waals surface area contributed by atoms with Crippen LogP contribution in [-0.2, 0) is 0 Å². The monoisotopic (exact) mass is 334 g/mol. The van der Waals surface area contributed by atoms with Crippen molar-refractivity contribution in [2.75, 3.05) is 13.2 Å². The fraction of sp³-hybridized carbons (Fsp3) is 0.500. The largest absolute Gasteiger partial charge is 0.490 e. The van der Waals surface area contributed by atoms with Crippen LogP contribution in [0.2, 0.25) is 0 Å². The van der Waals surface area contributed by atoms with Crippen LogP contribution in [0.5, 0.6) is 11.5 Å². The third-order valence-electron chi connectivity index (χ3n) is 3.66. The van der Waals surface area contributed by atoms with Crippen molar-refractivity contribution < 1.29 is 19.7 Å². The van der Waals surface area contributed by atoms with E-state index in [0.717, 1.165) is 35.1 Å². The lowest BCUT2D eigenvalue weighted by Gasteiger charge is -2.20. The first-order chi connectivity index (χ1) is 11.3. The molecule has 4 nitrogen and oxygen atoms in total. The van der Waals surface area contributed by atoms with Gasteiger partial charge in [0, 0.05) is 11.1 Å². The van der Waals surface area contributed by atoms with E-state index in [-0.39, 0.29) is 13.2 Å². The summed E-state index contributed by atoms with van der Waals surface area (Å²) in [6.07, 6.45) is 0.428. The molecular weight excluding hydrogens is 304 g/mol. The quantitative estimate of drug-likeness (QED) is 0.678. The van der Waals surface area contributed by atoms with Crippen molar-refractivity contribution in [1.29, 1.82) is 0 Å². The first kappa shape index (κ1) is 20.3. The smallest absolute Gasteiger partial charge is 0.127 e. The van der Waals surface area contributed by atoms with Crippen molar-refractivity contribution in [3.8, 4) is 11.5 Å². The Morgan fingerprint density at radius 2 is 1.21 bits per heavy atom. The lowest BCUT2D eigenvalue weighted by atomic mass is 9.97. The predicted octanol–water partition coefficient (Wildman–Crippen LogP) is 4.05. The molecule has 2 atom stereocenters. The van der Waals surface area contributed by atoms with Gasteiger partial charge in [-0.15, -0.1) is 0 Å².